The third-order valence-electron chi connectivity index (χ3n) is 5.81. The van der Waals surface area contributed by atoms with E-state index >= 15 is 0 Å². The van der Waals surface area contributed by atoms with Crippen molar-refractivity contribution >= 4 is 21.7 Å². The highest BCUT2D eigenvalue weighted by molar-refractivity contribution is 7.89. The lowest BCUT2D eigenvalue weighted by Gasteiger charge is -2.41. The Balaban J connectivity index is 1.73. The van der Waals surface area contributed by atoms with Crippen LogP contribution in [0.2, 0.25) is 0 Å². The van der Waals surface area contributed by atoms with Gasteiger partial charge in [0.15, 0.2) is 6.19 Å². The maximum absolute atomic E-state index is 14.5. The minimum absolute atomic E-state index is 0.00138. The normalized spacial score (nSPS) is 17.1. The molecule has 1 saturated heterocycles. The van der Waals surface area contributed by atoms with E-state index in [1.165, 1.54) is 4.31 Å². The third kappa shape index (κ3) is 5.16. The van der Waals surface area contributed by atoms with E-state index in [-0.39, 0.29) is 25.6 Å². The van der Waals surface area contributed by atoms with Gasteiger partial charge in [-0.05, 0) is 36.2 Å². The first kappa shape index (κ1) is 24.3. The monoisotopic (exact) mass is 495 g/mol. The quantitative estimate of drug-likeness (QED) is 0.255. The fourth-order valence-electron chi connectivity index (χ4n) is 4.03. The largest absolute Gasteiger partial charge is 0.339 e. The standard InChI is InChI=1S/C25H23F2N5O2S/c1-18-7-5-6-10-22(18)30-25(29-17-28)31-13-14-32(23(16-31)19-8-3-2-4-9-19)35(33,34)24-12-11-20(26)15-21(24)27/h2-12,15,23H,13-14,16H2,1H3,(H,29,30). The second-order valence-corrected chi connectivity index (χ2v) is 9.88. The van der Waals surface area contributed by atoms with Crippen molar-refractivity contribution in [2.75, 3.05) is 19.6 Å². The number of aryl methyl sites for hydroxylation is 1. The zero-order valence-electron chi connectivity index (χ0n) is 18.9. The Kier molecular flexibility index (Phi) is 7.10. The molecule has 180 valence electrons. The van der Waals surface area contributed by atoms with Crippen molar-refractivity contribution in [1.29, 1.82) is 5.26 Å². The topological polar surface area (TPSA) is 88.8 Å². The Hall–Kier alpha value is -3.81. The molecule has 10 heteroatoms. The highest BCUT2D eigenvalue weighted by Crippen LogP contribution is 2.32. The van der Waals surface area contributed by atoms with E-state index in [0.29, 0.717) is 17.3 Å². The van der Waals surface area contributed by atoms with Gasteiger partial charge in [0.25, 0.3) is 0 Å². The number of piperazine rings is 1. The number of halogens is 2. The summed E-state index contributed by atoms with van der Waals surface area (Å²) in [7, 11) is -4.29. The van der Waals surface area contributed by atoms with Crippen LogP contribution < -0.4 is 5.32 Å². The van der Waals surface area contributed by atoms with Gasteiger partial charge in [0.1, 0.15) is 16.5 Å². The molecule has 4 rings (SSSR count). The molecule has 1 atom stereocenters. The lowest BCUT2D eigenvalue weighted by atomic mass is 10.0. The van der Waals surface area contributed by atoms with Crippen LogP contribution in [-0.2, 0) is 10.0 Å². The third-order valence-corrected chi connectivity index (χ3v) is 7.75. The second-order valence-electron chi connectivity index (χ2n) is 8.02. The van der Waals surface area contributed by atoms with E-state index in [9.17, 15) is 22.5 Å². The fourth-order valence-corrected chi connectivity index (χ4v) is 5.68. The molecule has 1 aliphatic rings. The molecule has 1 aliphatic heterocycles. The molecule has 3 aromatic carbocycles. The van der Waals surface area contributed by atoms with Gasteiger partial charge in [0.05, 0.1) is 11.7 Å². The first-order chi connectivity index (χ1) is 16.8. The average molecular weight is 496 g/mol. The number of guanidine groups is 1. The number of aliphatic imine (C=N–C) groups is 1. The number of sulfonamides is 1. The summed E-state index contributed by atoms with van der Waals surface area (Å²) in [5, 5.41) is 11.9. The van der Waals surface area contributed by atoms with Gasteiger partial charge in [0.2, 0.25) is 16.0 Å². The van der Waals surface area contributed by atoms with E-state index in [1.807, 2.05) is 43.4 Å². The number of benzene rings is 3. The van der Waals surface area contributed by atoms with Crippen molar-refractivity contribution in [3.63, 3.8) is 0 Å². The Morgan fingerprint density at radius 3 is 2.46 bits per heavy atom. The summed E-state index contributed by atoms with van der Waals surface area (Å²) in [4.78, 5) is 5.81. The number of para-hydroxylation sites is 1. The molecule has 7 nitrogen and oxygen atoms in total. The predicted molar refractivity (Wildman–Crippen MR) is 128 cm³/mol. The predicted octanol–water partition coefficient (Wildman–Crippen LogP) is 4.08. The van der Waals surface area contributed by atoms with Gasteiger partial charge in [-0.15, -0.1) is 0 Å². The zero-order chi connectivity index (χ0) is 25.0. The van der Waals surface area contributed by atoms with Crippen LogP contribution in [0.5, 0.6) is 0 Å². The molecular formula is C25H23F2N5O2S. The Labute approximate surface area is 203 Å². The fraction of sp³-hybridized carbons (Fsp3) is 0.200. The summed E-state index contributed by atoms with van der Waals surface area (Å²) in [5.74, 6) is -1.72. The number of rotatable bonds is 4. The van der Waals surface area contributed by atoms with Gasteiger partial charge in [-0.2, -0.15) is 9.57 Å². The lowest BCUT2D eigenvalue weighted by molar-refractivity contribution is 0.191. The average Bonchev–Trinajstić information content (AvgIpc) is 2.85. The number of nitrogens with zero attached hydrogens (tertiary/aromatic N) is 4. The highest BCUT2D eigenvalue weighted by atomic mass is 32.2. The van der Waals surface area contributed by atoms with E-state index in [0.717, 1.165) is 17.7 Å². The maximum atomic E-state index is 14.5. The van der Waals surface area contributed by atoms with Crippen LogP contribution in [0.15, 0.2) is 82.7 Å². The van der Waals surface area contributed by atoms with Crippen molar-refractivity contribution < 1.29 is 17.2 Å². The van der Waals surface area contributed by atoms with Crippen molar-refractivity contribution in [2.45, 2.75) is 17.9 Å². The van der Waals surface area contributed by atoms with E-state index < -0.39 is 32.6 Å². The summed E-state index contributed by atoms with van der Waals surface area (Å²) < 4.78 is 56.1. The van der Waals surface area contributed by atoms with Crippen LogP contribution in [0.4, 0.5) is 14.5 Å². The molecule has 1 fully saturated rings. The summed E-state index contributed by atoms with van der Waals surface area (Å²) in [6.45, 7) is 2.26. The zero-order valence-corrected chi connectivity index (χ0v) is 19.7. The molecule has 0 radical (unpaired) electrons. The number of hydrogen-bond donors (Lipinski definition) is 1. The first-order valence-corrected chi connectivity index (χ1v) is 12.3. The number of hydrogen-bond acceptors (Lipinski definition) is 4. The minimum atomic E-state index is -4.29. The summed E-state index contributed by atoms with van der Waals surface area (Å²) in [6, 6.07) is 18.1. The molecule has 1 unspecified atom stereocenters. The summed E-state index contributed by atoms with van der Waals surface area (Å²) in [6.07, 6.45) is 1.90. The van der Waals surface area contributed by atoms with Gasteiger partial charge in [-0.25, -0.2) is 22.2 Å². The van der Waals surface area contributed by atoms with Crippen molar-refractivity contribution in [3.8, 4) is 6.19 Å². The lowest BCUT2D eigenvalue weighted by Crippen LogP contribution is -2.54. The van der Waals surface area contributed by atoms with Crippen LogP contribution in [0.1, 0.15) is 17.2 Å². The molecule has 0 saturated carbocycles. The second kappa shape index (κ2) is 10.2. The minimum Gasteiger partial charge on any atom is -0.339 e. The molecular weight excluding hydrogens is 472 g/mol. The smallest absolute Gasteiger partial charge is 0.246 e. The van der Waals surface area contributed by atoms with Gasteiger partial charge in [-0.1, -0.05) is 48.5 Å². The van der Waals surface area contributed by atoms with Gasteiger partial charge in [-0.3, -0.25) is 5.32 Å². The van der Waals surface area contributed by atoms with Gasteiger partial charge < -0.3 is 4.90 Å². The summed E-state index contributed by atoms with van der Waals surface area (Å²) >= 11 is 0. The van der Waals surface area contributed by atoms with Crippen LogP contribution >= 0.6 is 0 Å². The molecule has 0 aliphatic carbocycles. The van der Waals surface area contributed by atoms with Crippen molar-refractivity contribution in [2.24, 2.45) is 4.99 Å². The Morgan fingerprint density at radius 2 is 1.77 bits per heavy atom. The van der Waals surface area contributed by atoms with E-state index in [4.69, 9.17) is 0 Å². The van der Waals surface area contributed by atoms with Crippen LogP contribution in [-0.4, -0.2) is 43.2 Å². The van der Waals surface area contributed by atoms with Gasteiger partial charge >= 0.3 is 0 Å². The number of nitriles is 1. The highest BCUT2D eigenvalue weighted by Gasteiger charge is 2.39. The van der Waals surface area contributed by atoms with Gasteiger partial charge in [0, 0.05) is 25.7 Å². The molecule has 3 aromatic rings. The van der Waals surface area contributed by atoms with E-state index in [1.54, 1.807) is 29.2 Å². The number of nitrogens with one attached hydrogen (secondary N) is 1. The Bertz CT molecular complexity index is 1390. The molecule has 1 heterocycles. The van der Waals surface area contributed by atoms with Crippen LogP contribution in [0.25, 0.3) is 0 Å². The molecule has 0 amide bonds. The molecule has 0 bridgehead atoms. The molecule has 0 spiro atoms. The van der Waals surface area contributed by atoms with Crippen LogP contribution in [0.3, 0.4) is 0 Å². The first-order valence-electron chi connectivity index (χ1n) is 10.9. The van der Waals surface area contributed by atoms with E-state index in [2.05, 4.69) is 10.3 Å². The Morgan fingerprint density at radius 1 is 1.06 bits per heavy atom. The maximum Gasteiger partial charge on any atom is 0.246 e. The SMILES string of the molecule is Cc1ccccc1N=C(NC#N)N1CCN(S(=O)(=O)c2ccc(F)cc2F)C(c2ccccc2)C1. The van der Waals surface area contributed by atoms with Crippen molar-refractivity contribution in [1.82, 2.24) is 14.5 Å². The molecule has 35 heavy (non-hydrogen) atoms. The summed E-state index contributed by atoms with van der Waals surface area (Å²) in [5.41, 5.74) is 2.28. The molecule has 1 N–H and O–H groups in total. The molecule has 0 aromatic heterocycles. The van der Waals surface area contributed by atoms with Crippen molar-refractivity contribution in [3.05, 3.63) is 95.6 Å². The van der Waals surface area contributed by atoms with Crippen LogP contribution in [0, 0.1) is 30.0 Å².